The highest BCUT2D eigenvalue weighted by molar-refractivity contribution is 6.30. The minimum Gasteiger partial charge on any atom is -0.396 e. The van der Waals surface area contributed by atoms with Crippen molar-refractivity contribution in [1.82, 2.24) is 10.6 Å². The average Bonchev–Trinajstić information content (AvgIpc) is 2.95. The van der Waals surface area contributed by atoms with Crippen LogP contribution >= 0.6 is 11.6 Å². The molecule has 0 unspecified atom stereocenters. The second-order valence-electron chi connectivity index (χ2n) is 6.64. The lowest BCUT2D eigenvalue weighted by atomic mass is 9.64. The maximum absolute atomic E-state index is 12.1. The molecule has 0 bridgehead atoms. The van der Waals surface area contributed by atoms with E-state index in [0.29, 0.717) is 6.54 Å². The number of urea groups is 1. The fourth-order valence-corrected chi connectivity index (χ4v) is 3.59. The summed E-state index contributed by atoms with van der Waals surface area (Å²) >= 11 is 5.97. The Morgan fingerprint density at radius 2 is 2.00 bits per heavy atom. The van der Waals surface area contributed by atoms with Crippen LogP contribution in [0.5, 0.6) is 0 Å². The number of halogens is 1. The van der Waals surface area contributed by atoms with Gasteiger partial charge in [0.15, 0.2) is 0 Å². The van der Waals surface area contributed by atoms with E-state index in [9.17, 15) is 4.79 Å². The molecule has 1 aromatic rings. The van der Waals surface area contributed by atoms with Gasteiger partial charge in [0.1, 0.15) is 0 Å². The summed E-state index contributed by atoms with van der Waals surface area (Å²) in [6.45, 7) is 0.774. The van der Waals surface area contributed by atoms with Crippen molar-refractivity contribution < 1.29 is 9.90 Å². The molecule has 0 radical (unpaired) electrons. The first-order chi connectivity index (χ1) is 11.1. The minimum atomic E-state index is -0.140. The number of hydrogen-bond donors (Lipinski definition) is 3. The molecular formula is C18H23ClN2O2. The molecule has 0 saturated heterocycles. The van der Waals surface area contributed by atoms with E-state index in [0.717, 1.165) is 24.3 Å². The topological polar surface area (TPSA) is 61.4 Å². The lowest BCUT2D eigenvalue weighted by Gasteiger charge is -2.42. The summed E-state index contributed by atoms with van der Waals surface area (Å²) in [6.07, 6.45) is 8.06. The van der Waals surface area contributed by atoms with Crippen molar-refractivity contribution in [2.75, 3.05) is 13.2 Å². The lowest BCUT2D eigenvalue weighted by Crippen LogP contribution is -2.49. The van der Waals surface area contributed by atoms with Gasteiger partial charge in [0, 0.05) is 35.5 Å². The Balaban J connectivity index is 1.53. The van der Waals surface area contributed by atoms with E-state index in [1.165, 1.54) is 12.0 Å². The van der Waals surface area contributed by atoms with Crippen molar-refractivity contribution in [2.24, 2.45) is 5.92 Å². The summed E-state index contributed by atoms with van der Waals surface area (Å²) in [5.74, 6) is 0.160. The van der Waals surface area contributed by atoms with Crippen molar-refractivity contribution in [3.8, 4) is 0 Å². The van der Waals surface area contributed by atoms with Crippen molar-refractivity contribution in [1.29, 1.82) is 0 Å². The number of carbonyl (C=O) groups is 1. The van der Waals surface area contributed by atoms with Crippen molar-refractivity contribution in [2.45, 2.75) is 37.1 Å². The van der Waals surface area contributed by atoms with Gasteiger partial charge in [-0.3, -0.25) is 0 Å². The molecule has 4 nitrogen and oxygen atoms in total. The Labute approximate surface area is 141 Å². The third kappa shape index (κ3) is 3.70. The highest BCUT2D eigenvalue weighted by atomic mass is 35.5. The third-order valence-electron chi connectivity index (χ3n) is 5.08. The lowest BCUT2D eigenvalue weighted by molar-refractivity contribution is 0.211. The van der Waals surface area contributed by atoms with Crippen molar-refractivity contribution in [3.05, 3.63) is 47.0 Å². The number of aliphatic hydroxyl groups is 1. The molecule has 0 spiro atoms. The summed E-state index contributed by atoms with van der Waals surface area (Å²) < 4.78 is 0. The zero-order chi connectivity index (χ0) is 16.3. The second kappa shape index (κ2) is 6.93. The first-order valence-electron chi connectivity index (χ1n) is 8.21. The Morgan fingerprint density at radius 3 is 2.57 bits per heavy atom. The van der Waals surface area contributed by atoms with Crippen LogP contribution in [0.2, 0.25) is 5.02 Å². The Morgan fingerprint density at radius 1 is 1.26 bits per heavy atom. The Hall–Kier alpha value is -1.52. The van der Waals surface area contributed by atoms with E-state index in [-0.39, 0.29) is 30.0 Å². The van der Waals surface area contributed by atoms with Gasteiger partial charge in [-0.2, -0.15) is 0 Å². The number of amides is 2. The van der Waals surface area contributed by atoms with E-state index in [1.807, 2.05) is 24.3 Å². The molecule has 0 aromatic heterocycles. The predicted molar refractivity (Wildman–Crippen MR) is 91.6 cm³/mol. The molecule has 1 aromatic carbocycles. The fourth-order valence-electron chi connectivity index (χ4n) is 3.46. The Kier molecular flexibility index (Phi) is 4.93. The molecule has 0 heterocycles. The molecule has 2 amide bonds. The monoisotopic (exact) mass is 334 g/mol. The average molecular weight is 335 g/mol. The van der Waals surface area contributed by atoms with Crippen LogP contribution < -0.4 is 10.6 Å². The van der Waals surface area contributed by atoms with Gasteiger partial charge in [-0.15, -0.1) is 0 Å². The number of aliphatic hydroxyl groups excluding tert-OH is 1. The maximum Gasteiger partial charge on any atom is 0.315 e. The number of nitrogens with one attached hydrogen (secondary N) is 2. The quantitative estimate of drug-likeness (QED) is 0.725. The largest absolute Gasteiger partial charge is 0.396 e. The zero-order valence-electron chi connectivity index (χ0n) is 13.1. The molecule has 1 saturated carbocycles. The van der Waals surface area contributed by atoms with Crippen LogP contribution in [0, 0.1) is 5.92 Å². The van der Waals surface area contributed by atoms with Gasteiger partial charge in [0.2, 0.25) is 0 Å². The Bertz CT molecular complexity index is 581. The van der Waals surface area contributed by atoms with Gasteiger partial charge >= 0.3 is 6.03 Å². The van der Waals surface area contributed by atoms with Gasteiger partial charge < -0.3 is 15.7 Å². The smallest absolute Gasteiger partial charge is 0.315 e. The standard InChI is InChI=1S/C18H23ClN2O2/c19-15-5-3-14(4-6-15)18(8-1-9-18)12-20-17(23)21-16-7-2-13(10-16)11-22/h2-7,13,16,22H,1,8-12H2,(H2,20,21,23)/t13-,16+/m0/s1. The number of hydrogen-bond acceptors (Lipinski definition) is 2. The molecule has 23 heavy (non-hydrogen) atoms. The van der Waals surface area contributed by atoms with Crippen LogP contribution in [0.25, 0.3) is 0 Å². The molecule has 2 aliphatic rings. The highest BCUT2D eigenvalue weighted by Gasteiger charge is 2.38. The van der Waals surface area contributed by atoms with Crippen LogP contribution in [-0.2, 0) is 5.41 Å². The number of benzene rings is 1. The summed E-state index contributed by atoms with van der Waals surface area (Å²) in [6, 6.07) is 7.82. The first kappa shape index (κ1) is 16.3. The number of carbonyl (C=O) groups excluding carboxylic acids is 1. The zero-order valence-corrected chi connectivity index (χ0v) is 13.9. The van der Waals surface area contributed by atoms with Gasteiger partial charge in [0.05, 0.1) is 0 Å². The molecule has 1 fully saturated rings. The van der Waals surface area contributed by atoms with Crippen LogP contribution in [0.1, 0.15) is 31.2 Å². The minimum absolute atomic E-state index is 0.0139. The van der Waals surface area contributed by atoms with Crippen LogP contribution in [0.3, 0.4) is 0 Å². The van der Waals surface area contributed by atoms with Crippen LogP contribution in [-0.4, -0.2) is 30.3 Å². The molecular weight excluding hydrogens is 312 g/mol. The molecule has 2 aliphatic carbocycles. The van der Waals surface area contributed by atoms with Gasteiger partial charge in [0.25, 0.3) is 0 Å². The molecule has 3 rings (SSSR count). The first-order valence-corrected chi connectivity index (χ1v) is 8.59. The van der Waals surface area contributed by atoms with Crippen molar-refractivity contribution in [3.63, 3.8) is 0 Å². The van der Waals surface area contributed by atoms with E-state index < -0.39 is 0 Å². The SMILES string of the molecule is O=C(NCC1(c2ccc(Cl)cc2)CCC1)N[C@@H]1C=C[C@H](CO)C1. The van der Waals surface area contributed by atoms with Gasteiger partial charge in [-0.25, -0.2) is 4.79 Å². The maximum atomic E-state index is 12.1. The summed E-state index contributed by atoms with van der Waals surface area (Å²) in [4.78, 5) is 12.1. The molecule has 0 aliphatic heterocycles. The molecule has 2 atom stereocenters. The van der Waals surface area contributed by atoms with Crippen LogP contribution in [0.4, 0.5) is 4.79 Å². The van der Waals surface area contributed by atoms with Gasteiger partial charge in [-0.05, 0) is 37.0 Å². The summed E-state index contributed by atoms with van der Waals surface area (Å²) in [5, 5.41) is 15.8. The van der Waals surface area contributed by atoms with E-state index in [2.05, 4.69) is 22.8 Å². The highest BCUT2D eigenvalue weighted by Crippen LogP contribution is 2.43. The number of rotatable bonds is 5. The van der Waals surface area contributed by atoms with Gasteiger partial charge in [-0.1, -0.05) is 42.3 Å². The second-order valence-corrected chi connectivity index (χ2v) is 7.07. The molecule has 5 heteroatoms. The predicted octanol–water partition coefficient (Wildman–Crippen LogP) is 3.00. The van der Waals surface area contributed by atoms with E-state index in [1.54, 1.807) is 0 Å². The molecule has 124 valence electrons. The fraction of sp³-hybridized carbons (Fsp3) is 0.500. The van der Waals surface area contributed by atoms with Crippen LogP contribution in [0.15, 0.2) is 36.4 Å². The van der Waals surface area contributed by atoms with Crippen molar-refractivity contribution >= 4 is 17.6 Å². The normalized spacial score (nSPS) is 25.0. The summed E-state index contributed by atoms with van der Waals surface area (Å²) in [5.41, 5.74) is 1.29. The summed E-state index contributed by atoms with van der Waals surface area (Å²) in [7, 11) is 0. The van der Waals surface area contributed by atoms with E-state index in [4.69, 9.17) is 16.7 Å². The molecule has 3 N–H and O–H groups in total. The third-order valence-corrected chi connectivity index (χ3v) is 5.33. The van der Waals surface area contributed by atoms with E-state index >= 15 is 0 Å².